The smallest absolute Gasteiger partial charge is 0.0503 e. The maximum atomic E-state index is 8.94. The molecule has 3 heteroatoms. The number of rotatable bonds is 2. The average molecular weight is 152 g/mol. The Morgan fingerprint density at radius 1 is 1.64 bits per heavy atom. The Labute approximate surface area is 66.3 Å². The van der Waals surface area contributed by atoms with E-state index in [0.29, 0.717) is 6.54 Å². The van der Waals surface area contributed by atoms with Crippen molar-refractivity contribution in [2.45, 2.75) is 13.5 Å². The second kappa shape index (κ2) is 3.46. The lowest BCUT2D eigenvalue weighted by Crippen LogP contribution is -2.12. The first-order valence-electron chi connectivity index (χ1n) is 3.49. The highest BCUT2D eigenvalue weighted by Crippen LogP contribution is 2.05. The number of aryl methyl sites for hydroxylation is 1. The lowest BCUT2D eigenvalue weighted by Gasteiger charge is -2.09. The first-order chi connectivity index (χ1) is 5.20. The third-order valence-electron chi connectivity index (χ3n) is 1.55. The van der Waals surface area contributed by atoms with Gasteiger partial charge in [-0.2, -0.15) is 5.06 Å². The SMILES string of the molecule is Cc1ccncc1CN(C)O. The molecule has 0 unspecified atom stereocenters. The number of hydrogen-bond acceptors (Lipinski definition) is 3. The van der Waals surface area contributed by atoms with Crippen molar-refractivity contribution in [1.82, 2.24) is 10.0 Å². The summed E-state index contributed by atoms with van der Waals surface area (Å²) in [6.07, 6.45) is 3.51. The predicted molar refractivity (Wildman–Crippen MR) is 42.2 cm³/mol. The van der Waals surface area contributed by atoms with Gasteiger partial charge in [0.25, 0.3) is 0 Å². The van der Waals surface area contributed by atoms with Crippen LogP contribution < -0.4 is 0 Å². The average Bonchev–Trinajstić information content (AvgIpc) is 1.93. The predicted octanol–water partition coefficient (Wildman–Crippen LogP) is 1.21. The molecule has 0 saturated carbocycles. The molecular formula is C8H12N2O. The highest BCUT2D eigenvalue weighted by Gasteiger charge is 1.98. The molecule has 0 aromatic carbocycles. The van der Waals surface area contributed by atoms with E-state index < -0.39 is 0 Å². The number of hydroxylamine groups is 2. The molecule has 0 saturated heterocycles. The zero-order valence-corrected chi connectivity index (χ0v) is 6.78. The summed E-state index contributed by atoms with van der Waals surface area (Å²) in [4.78, 5) is 3.96. The molecule has 0 atom stereocenters. The molecule has 0 aliphatic heterocycles. The first-order valence-corrected chi connectivity index (χ1v) is 3.49. The summed E-state index contributed by atoms with van der Waals surface area (Å²) in [5, 5.41) is 10.1. The molecule has 0 radical (unpaired) electrons. The third kappa shape index (κ3) is 2.29. The number of hydrogen-bond donors (Lipinski definition) is 1. The summed E-state index contributed by atoms with van der Waals surface area (Å²) < 4.78 is 0. The standard InChI is InChI=1S/C8H12N2O/c1-7-3-4-9-5-8(7)6-10(2)11/h3-5,11H,6H2,1-2H3. The van der Waals surface area contributed by atoms with Crippen molar-refractivity contribution in [3.05, 3.63) is 29.6 Å². The second-order valence-electron chi connectivity index (χ2n) is 2.62. The van der Waals surface area contributed by atoms with E-state index in [0.717, 1.165) is 16.2 Å². The Kier molecular flexibility index (Phi) is 2.57. The Morgan fingerprint density at radius 2 is 2.36 bits per heavy atom. The van der Waals surface area contributed by atoms with Crippen molar-refractivity contribution < 1.29 is 5.21 Å². The van der Waals surface area contributed by atoms with E-state index in [2.05, 4.69) is 4.98 Å². The summed E-state index contributed by atoms with van der Waals surface area (Å²) in [6.45, 7) is 2.53. The lowest BCUT2D eigenvalue weighted by atomic mass is 10.2. The molecule has 0 fully saturated rings. The van der Waals surface area contributed by atoms with E-state index >= 15 is 0 Å². The molecule has 1 heterocycles. The van der Waals surface area contributed by atoms with E-state index in [-0.39, 0.29) is 0 Å². The summed E-state index contributed by atoms with van der Waals surface area (Å²) in [6, 6.07) is 1.93. The molecule has 60 valence electrons. The molecule has 1 rings (SSSR count). The van der Waals surface area contributed by atoms with Crippen LogP contribution in [0.15, 0.2) is 18.5 Å². The van der Waals surface area contributed by atoms with Gasteiger partial charge in [0.2, 0.25) is 0 Å². The van der Waals surface area contributed by atoms with Crippen molar-refractivity contribution >= 4 is 0 Å². The quantitative estimate of drug-likeness (QED) is 0.647. The van der Waals surface area contributed by atoms with Gasteiger partial charge in [0.15, 0.2) is 0 Å². The number of aromatic nitrogens is 1. The summed E-state index contributed by atoms with van der Waals surface area (Å²) in [5.74, 6) is 0. The fourth-order valence-electron chi connectivity index (χ4n) is 0.909. The fourth-order valence-corrected chi connectivity index (χ4v) is 0.909. The van der Waals surface area contributed by atoms with Crippen LogP contribution in [0.1, 0.15) is 11.1 Å². The van der Waals surface area contributed by atoms with Crippen LogP contribution in [0.3, 0.4) is 0 Å². The highest BCUT2D eigenvalue weighted by molar-refractivity contribution is 5.20. The third-order valence-corrected chi connectivity index (χ3v) is 1.55. The molecule has 1 aromatic heterocycles. The molecule has 0 bridgehead atoms. The van der Waals surface area contributed by atoms with Gasteiger partial charge in [0.1, 0.15) is 0 Å². The van der Waals surface area contributed by atoms with Crippen molar-refractivity contribution in [2.75, 3.05) is 7.05 Å². The van der Waals surface area contributed by atoms with Crippen LogP contribution in [-0.4, -0.2) is 22.3 Å². The van der Waals surface area contributed by atoms with Gasteiger partial charge in [0, 0.05) is 19.4 Å². The van der Waals surface area contributed by atoms with Crippen molar-refractivity contribution in [3.63, 3.8) is 0 Å². The van der Waals surface area contributed by atoms with Crippen molar-refractivity contribution in [2.24, 2.45) is 0 Å². The van der Waals surface area contributed by atoms with Crippen LogP contribution in [0.4, 0.5) is 0 Å². The Bertz CT molecular complexity index is 235. The summed E-state index contributed by atoms with van der Waals surface area (Å²) in [7, 11) is 1.62. The van der Waals surface area contributed by atoms with Gasteiger partial charge >= 0.3 is 0 Å². The Morgan fingerprint density at radius 3 is 2.91 bits per heavy atom. The topological polar surface area (TPSA) is 36.4 Å². The summed E-state index contributed by atoms with van der Waals surface area (Å²) >= 11 is 0. The van der Waals surface area contributed by atoms with Gasteiger partial charge < -0.3 is 5.21 Å². The van der Waals surface area contributed by atoms with Gasteiger partial charge in [-0.05, 0) is 24.1 Å². The molecule has 0 spiro atoms. The van der Waals surface area contributed by atoms with E-state index in [4.69, 9.17) is 5.21 Å². The summed E-state index contributed by atoms with van der Waals surface area (Å²) in [5.41, 5.74) is 2.21. The van der Waals surface area contributed by atoms with E-state index in [9.17, 15) is 0 Å². The van der Waals surface area contributed by atoms with Crippen LogP contribution in [0.2, 0.25) is 0 Å². The van der Waals surface area contributed by atoms with Crippen molar-refractivity contribution in [3.8, 4) is 0 Å². The van der Waals surface area contributed by atoms with E-state index in [1.54, 1.807) is 19.4 Å². The van der Waals surface area contributed by atoms with Gasteiger partial charge in [-0.3, -0.25) is 4.98 Å². The van der Waals surface area contributed by atoms with E-state index in [1.807, 2.05) is 13.0 Å². The van der Waals surface area contributed by atoms with Gasteiger partial charge in [-0.1, -0.05) is 0 Å². The number of pyridine rings is 1. The van der Waals surface area contributed by atoms with Gasteiger partial charge in [-0.25, -0.2) is 0 Å². The molecular weight excluding hydrogens is 140 g/mol. The number of nitrogens with zero attached hydrogens (tertiary/aromatic N) is 2. The van der Waals surface area contributed by atoms with Crippen LogP contribution in [0.5, 0.6) is 0 Å². The molecule has 1 aromatic rings. The molecule has 0 aliphatic carbocycles. The Balaban J connectivity index is 2.78. The zero-order valence-electron chi connectivity index (χ0n) is 6.78. The minimum atomic E-state index is 0.527. The molecule has 1 N–H and O–H groups in total. The maximum Gasteiger partial charge on any atom is 0.0503 e. The first kappa shape index (κ1) is 8.17. The van der Waals surface area contributed by atoms with E-state index in [1.165, 1.54) is 0 Å². The Hall–Kier alpha value is -0.930. The maximum absolute atomic E-state index is 8.94. The second-order valence-corrected chi connectivity index (χ2v) is 2.62. The highest BCUT2D eigenvalue weighted by atomic mass is 16.5. The minimum Gasteiger partial charge on any atom is -0.314 e. The molecule has 3 nitrogen and oxygen atoms in total. The van der Waals surface area contributed by atoms with Gasteiger partial charge in [0.05, 0.1) is 6.54 Å². The fraction of sp³-hybridized carbons (Fsp3) is 0.375. The van der Waals surface area contributed by atoms with Crippen molar-refractivity contribution in [1.29, 1.82) is 0 Å². The normalized spacial score (nSPS) is 10.5. The van der Waals surface area contributed by atoms with Crippen LogP contribution in [-0.2, 0) is 6.54 Å². The molecule has 0 amide bonds. The van der Waals surface area contributed by atoms with Crippen LogP contribution in [0, 0.1) is 6.92 Å². The van der Waals surface area contributed by atoms with Crippen LogP contribution in [0.25, 0.3) is 0 Å². The van der Waals surface area contributed by atoms with Crippen LogP contribution >= 0.6 is 0 Å². The largest absolute Gasteiger partial charge is 0.314 e. The zero-order chi connectivity index (χ0) is 8.27. The monoisotopic (exact) mass is 152 g/mol. The lowest BCUT2D eigenvalue weighted by molar-refractivity contribution is -0.0733. The minimum absolute atomic E-state index is 0.527. The van der Waals surface area contributed by atoms with Gasteiger partial charge in [-0.15, -0.1) is 0 Å². The molecule has 11 heavy (non-hydrogen) atoms. The molecule has 0 aliphatic rings.